The molecule has 1 rings (SSSR count). The van der Waals surface area contributed by atoms with Gasteiger partial charge in [-0.2, -0.15) is 0 Å². The Balaban J connectivity index is 2.92. The number of halogens is 1. The van der Waals surface area contributed by atoms with E-state index in [0.29, 0.717) is 22.8 Å². The number of nitrogens with two attached hydrogens (primary N) is 1. The average molecular weight is 284 g/mol. The van der Waals surface area contributed by atoms with Crippen molar-refractivity contribution < 1.29 is 9.59 Å². The van der Waals surface area contributed by atoms with E-state index in [1.165, 1.54) is 15.9 Å². The minimum Gasteiger partial charge on any atom is -0.398 e. The molecule has 0 aliphatic rings. The summed E-state index contributed by atoms with van der Waals surface area (Å²) in [7, 11) is 3.30. The number of likely N-dealkylation sites (N-methyl/N-ethyl adjacent to an activating group) is 2. The third-order valence-corrected chi connectivity index (χ3v) is 2.97. The molecule has 0 saturated heterocycles. The number of hydrogen-bond donors (Lipinski definition) is 1. The van der Waals surface area contributed by atoms with Gasteiger partial charge in [0.25, 0.3) is 5.91 Å². The van der Waals surface area contributed by atoms with Gasteiger partial charge in [-0.15, -0.1) is 0 Å². The first-order chi connectivity index (χ1) is 8.86. The largest absolute Gasteiger partial charge is 0.398 e. The molecule has 0 fully saturated rings. The third-order valence-electron chi connectivity index (χ3n) is 2.74. The predicted octanol–water partition coefficient (Wildman–Crippen LogP) is 1.47. The van der Waals surface area contributed by atoms with Crippen LogP contribution in [-0.2, 0) is 4.79 Å². The minimum absolute atomic E-state index is 0.0321. The molecule has 0 spiro atoms. The van der Waals surface area contributed by atoms with Crippen LogP contribution in [0.5, 0.6) is 0 Å². The molecular weight excluding hydrogens is 266 g/mol. The second-order valence-corrected chi connectivity index (χ2v) is 4.78. The maximum Gasteiger partial charge on any atom is 0.256 e. The van der Waals surface area contributed by atoms with Crippen molar-refractivity contribution in [1.29, 1.82) is 0 Å². The highest BCUT2D eigenvalue weighted by Crippen LogP contribution is 2.19. The molecule has 104 valence electrons. The second kappa shape index (κ2) is 6.43. The van der Waals surface area contributed by atoms with Crippen LogP contribution in [0, 0.1) is 0 Å². The van der Waals surface area contributed by atoms with Gasteiger partial charge in [-0.1, -0.05) is 11.6 Å². The van der Waals surface area contributed by atoms with Gasteiger partial charge in [-0.3, -0.25) is 9.59 Å². The van der Waals surface area contributed by atoms with Crippen LogP contribution in [0.15, 0.2) is 18.2 Å². The number of amides is 2. The van der Waals surface area contributed by atoms with Gasteiger partial charge in [0.1, 0.15) is 0 Å². The summed E-state index contributed by atoms with van der Waals surface area (Å²) in [5, 5.41) is 0.474. The molecule has 0 atom stereocenters. The van der Waals surface area contributed by atoms with E-state index >= 15 is 0 Å². The number of nitrogen functional groups attached to an aromatic ring is 1. The van der Waals surface area contributed by atoms with E-state index in [2.05, 4.69) is 0 Å². The topological polar surface area (TPSA) is 66.6 Å². The molecule has 0 heterocycles. The minimum atomic E-state index is -0.271. The Morgan fingerprint density at radius 2 is 1.95 bits per heavy atom. The highest BCUT2D eigenvalue weighted by atomic mass is 35.5. The first kappa shape index (κ1) is 15.3. The highest BCUT2D eigenvalue weighted by molar-refractivity contribution is 6.31. The Bertz CT molecular complexity index is 489. The van der Waals surface area contributed by atoms with Gasteiger partial charge >= 0.3 is 0 Å². The lowest BCUT2D eigenvalue weighted by Gasteiger charge is -2.23. The van der Waals surface area contributed by atoms with Crippen LogP contribution in [0.25, 0.3) is 0 Å². The van der Waals surface area contributed by atoms with Crippen molar-refractivity contribution in [1.82, 2.24) is 9.80 Å². The molecule has 6 heteroatoms. The second-order valence-electron chi connectivity index (χ2n) is 4.34. The molecular formula is C13H18ClN3O2. The van der Waals surface area contributed by atoms with Gasteiger partial charge in [0.05, 0.1) is 12.1 Å². The quantitative estimate of drug-likeness (QED) is 0.851. The van der Waals surface area contributed by atoms with Crippen LogP contribution < -0.4 is 5.73 Å². The molecule has 2 amide bonds. The van der Waals surface area contributed by atoms with Crippen molar-refractivity contribution >= 4 is 29.1 Å². The summed E-state index contributed by atoms with van der Waals surface area (Å²) >= 11 is 5.80. The fourth-order valence-electron chi connectivity index (χ4n) is 1.53. The Morgan fingerprint density at radius 1 is 1.32 bits per heavy atom. The molecule has 1 aromatic carbocycles. The number of carbonyl (C=O) groups is 2. The van der Waals surface area contributed by atoms with Crippen LogP contribution in [0.2, 0.25) is 5.02 Å². The van der Waals surface area contributed by atoms with Crippen molar-refractivity contribution in [3.63, 3.8) is 0 Å². The van der Waals surface area contributed by atoms with E-state index in [4.69, 9.17) is 17.3 Å². The highest BCUT2D eigenvalue weighted by Gasteiger charge is 2.20. The zero-order chi connectivity index (χ0) is 14.6. The maximum absolute atomic E-state index is 12.3. The van der Waals surface area contributed by atoms with Gasteiger partial charge in [-0.05, 0) is 25.1 Å². The van der Waals surface area contributed by atoms with Gasteiger partial charge < -0.3 is 15.5 Å². The Morgan fingerprint density at radius 3 is 2.42 bits per heavy atom. The van der Waals surface area contributed by atoms with Gasteiger partial charge in [0.2, 0.25) is 5.91 Å². The number of nitrogens with zero attached hydrogens (tertiary/aromatic N) is 2. The third kappa shape index (κ3) is 3.86. The summed E-state index contributed by atoms with van der Waals surface area (Å²) in [6.07, 6.45) is 0. The van der Waals surface area contributed by atoms with Crippen molar-refractivity contribution in [3.05, 3.63) is 28.8 Å². The first-order valence-corrected chi connectivity index (χ1v) is 6.29. The summed E-state index contributed by atoms with van der Waals surface area (Å²) in [6.45, 7) is 2.28. The number of benzene rings is 1. The summed E-state index contributed by atoms with van der Waals surface area (Å²) in [5.74, 6) is -0.408. The predicted molar refractivity (Wildman–Crippen MR) is 76.1 cm³/mol. The summed E-state index contributed by atoms with van der Waals surface area (Å²) in [5.41, 5.74) is 6.45. The van der Waals surface area contributed by atoms with E-state index in [1.807, 2.05) is 6.92 Å². The molecule has 5 nitrogen and oxygen atoms in total. The van der Waals surface area contributed by atoms with Crippen LogP contribution in [0.1, 0.15) is 17.3 Å². The number of rotatable bonds is 4. The zero-order valence-corrected chi connectivity index (χ0v) is 12.1. The fourth-order valence-corrected chi connectivity index (χ4v) is 1.71. The molecule has 19 heavy (non-hydrogen) atoms. The van der Waals surface area contributed by atoms with Crippen LogP contribution in [0.4, 0.5) is 5.69 Å². The Hall–Kier alpha value is -1.75. The van der Waals surface area contributed by atoms with Crippen molar-refractivity contribution in [2.24, 2.45) is 0 Å². The molecule has 0 aliphatic heterocycles. The molecule has 0 saturated carbocycles. The Labute approximate surface area is 117 Å². The molecule has 0 aromatic heterocycles. The summed E-state index contributed by atoms with van der Waals surface area (Å²) < 4.78 is 0. The van der Waals surface area contributed by atoms with Crippen molar-refractivity contribution in [2.45, 2.75) is 6.92 Å². The van der Waals surface area contributed by atoms with E-state index < -0.39 is 0 Å². The fraction of sp³-hybridized carbons (Fsp3) is 0.385. The summed E-state index contributed by atoms with van der Waals surface area (Å²) in [4.78, 5) is 26.9. The SMILES string of the molecule is CCN(CC(=O)N(C)C)C(=O)c1ccc(Cl)cc1N. The lowest BCUT2D eigenvalue weighted by Crippen LogP contribution is -2.40. The van der Waals surface area contributed by atoms with E-state index in [-0.39, 0.29) is 18.4 Å². The maximum atomic E-state index is 12.3. The first-order valence-electron chi connectivity index (χ1n) is 5.91. The van der Waals surface area contributed by atoms with Gasteiger partial charge in [0.15, 0.2) is 0 Å². The number of carbonyl (C=O) groups excluding carboxylic acids is 2. The van der Waals surface area contributed by atoms with Crippen molar-refractivity contribution in [3.8, 4) is 0 Å². The van der Waals surface area contributed by atoms with E-state index in [0.717, 1.165) is 0 Å². The zero-order valence-electron chi connectivity index (χ0n) is 11.3. The Kier molecular flexibility index (Phi) is 5.18. The summed E-state index contributed by atoms with van der Waals surface area (Å²) in [6, 6.07) is 4.70. The van der Waals surface area contributed by atoms with E-state index in [9.17, 15) is 9.59 Å². The smallest absolute Gasteiger partial charge is 0.256 e. The van der Waals surface area contributed by atoms with Crippen LogP contribution in [0.3, 0.4) is 0 Å². The van der Waals surface area contributed by atoms with Crippen LogP contribution in [-0.4, -0.2) is 48.8 Å². The lowest BCUT2D eigenvalue weighted by molar-refractivity contribution is -0.129. The molecule has 0 aliphatic carbocycles. The van der Waals surface area contributed by atoms with E-state index in [1.54, 1.807) is 26.2 Å². The molecule has 2 N–H and O–H groups in total. The number of anilines is 1. The standard InChI is InChI=1S/C13H18ClN3O2/c1-4-17(8-12(18)16(2)3)13(19)10-6-5-9(14)7-11(10)15/h5-7H,4,8,15H2,1-3H3. The normalized spacial score (nSPS) is 10.1. The number of hydrogen-bond acceptors (Lipinski definition) is 3. The van der Waals surface area contributed by atoms with Gasteiger partial charge in [0, 0.05) is 31.4 Å². The van der Waals surface area contributed by atoms with Crippen molar-refractivity contribution in [2.75, 3.05) is 32.9 Å². The molecule has 0 radical (unpaired) electrons. The molecule has 1 aromatic rings. The van der Waals surface area contributed by atoms with Gasteiger partial charge in [-0.25, -0.2) is 0 Å². The molecule has 0 unspecified atom stereocenters. The molecule has 0 bridgehead atoms. The monoisotopic (exact) mass is 283 g/mol. The van der Waals surface area contributed by atoms with Crippen LogP contribution >= 0.6 is 11.6 Å². The average Bonchev–Trinajstić information content (AvgIpc) is 2.34. The lowest BCUT2D eigenvalue weighted by atomic mass is 10.1.